The van der Waals surface area contributed by atoms with E-state index >= 15 is 0 Å². The van der Waals surface area contributed by atoms with Gasteiger partial charge in [0.15, 0.2) is 0 Å². The van der Waals surface area contributed by atoms with Crippen molar-refractivity contribution >= 4 is 11.9 Å². The zero-order chi connectivity index (χ0) is 8.97. The predicted octanol–water partition coefficient (Wildman–Crippen LogP) is 0.504. The Morgan fingerprint density at radius 1 is 1.58 bits per heavy atom. The second kappa shape index (κ2) is 3.90. The predicted molar refractivity (Wildman–Crippen MR) is 44.5 cm³/mol. The summed E-state index contributed by atoms with van der Waals surface area (Å²) in [6.07, 6.45) is 2.92. The Balaban J connectivity index is 2.39. The van der Waals surface area contributed by atoms with Crippen molar-refractivity contribution in [2.45, 2.75) is 12.8 Å². The standard InChI is InChI=1S/C8H12N2O2/c1-2-3-5-10-6-4-7(11)9-8(10)12/h2H,1,3-6H2,(H,9,11,12). The molecule has 0 aromatic heterocycles. The van der Waals surface area contributed by atoms with Gasteiger partial charge in [-0.15, -0.1) is 6.58 Å². The Kier molecular flexibility index (Phi) is 2.85. The molecule has 1 N–H and O–H groups in total. The fourth-order valence-electron chi connectivity index (χ4n) is 1.06. The van der Waals surface area contributed by atoms with E-state index in [0.29, 0.717) is 19.5 Å². The molecule has 1 fully saturated rings. The number of rotatable bonds is 3. The fraction of sp³-hybridized carbons (Fsp3) is 0.500. The molecule has 1 rings (SSSR count). The molecule has 1 aliphatic rings. The summed E-state index contributed by atoms with van der Waals surface area (Å²) in [7, 11) is 0. The summed E-state index contributed by atoms with van der Waals surface area (Å²) in [5.41, 5.74) is 0. The third-order valence-corrected chi connectivity index (χ3v) is 1.75. The Labute approximate surface area is 71.2 Å². The lowest BCUT2D eigenvalue weighted by Gasteiger charge is -2.25. The SMILES string of the molecule is C=CCCN1CCC(=O)NC1=O. The monoisotopic (exact) mass is 168 g/mol. The van der Waals surface area contributed by atoms with Crippen LogP contribution in [0.3, 0.4) is 0 Å². The number of hydrogen-bond acceptors (Lipinski definition) is 2. The molecule has 0 radical (unpaired) electrons. The van der Waals surface area contributed by atoms with Crippen molar-refractivity contribution in [2.24, 2.45) is 0 Å². The minimum atomic E-state index is -0.284. The first-order chi connectivity index (χ1) is 5.74. The van der Waals surface area contributed by atoms with E-state index in [2.05, 4.69) is 11.9 Å². The summed E-state index contributed by atoms with van der Waals surface area (Å²) < 4.78 is 0. The maximum Gasteiger partial charge on any atom is 0.324 e. The first-order valence-corrected chi connectivity index (χ1v) is 3.93. The highest BCUT2D eigenvalue weighted by molar-refractivity contribution is 5.96. The van der Waals surface area contributed by atoms with Gasteiger partial charge in [-0.3, -0.25) is 10.1 Å². The van der Waals surface area contributed by atoms with E-state index in [0.717, 1.165) is 6.42 Å². The average Bonchev–Trinajstić information content (AvgIpc) is 2.03. The third-order valence-electron chi connectivity index (χ3n) is 1.75. The number of hydrogen-bond donors (Lipinski definition) is 1. The Morgan fingerprint density at radius 2 is 2.33 bits per heavy atom. The van der Waals surface area contributed by atoms with Crippen LogP contribution in [-0.2, 0) is 4.79 Å². The van der Waals surface area contributed by atoms with Crippen molar-refractivity contribution in [3.8, 4) is 0 Å². The van der Waals surface area contributed by atoms with Crippen LogP contribution in [0.4, 0.5) is 4.79 Å². The second-order valence-corrected chi connectivity index (χ2v) is 2.67. The van der Waals surface area contributed by atoms with Gasteiger partial charge in [0.25, 0.3) is 0 Å². The molecule has 1 aliphatic heterocycles. The van der Waals surface area contributed by atoms with Crippen LogP contribution in [0.1, 0.15) is 12.8 Å². The molecular formula is C8H12N2O2. The van der Waals surface area contributed by atoms with Crippen molar-refractivity contribution in [3.63, 3.8) is 0 Å². The van der Waals surface area contributed by atoms with Gasteiger partial charge in [0.2, 0.25) is 5.91 Å². The van der Waals surface area contributed by atoms with Crippen molar-refractivity contribution in [2.75, 3.05) is 13.1 Å². The lowest BCUT2D eigenvalue weighted by Crippen LogP contribution is -2.49. The molecule has 0 bridgehead atoms. The van der Waals surface area contributed by atoms with Crippen molar-refractivity contribution in [1.82, 2.24) is 10.2 Å². The zero-order valence-corrected chi connectivity index (χ0v) is 6.88. The third kappa shape index (κ3) is 2.08. The highest BCUT2D eigenvalue weighted by Crippen LogP contribution is 2.01. The van der Waals surface area contributed by atoms with Crippen LogP contribution in [0.25, 0.3) is 0 Å². The maximum absolute atomic E-state index is 11.1. The van der Waals surface area contributed by atoms with Gasteiger partial charge in [0.1, 0.15) is 0 Å². The van der Waals surface area contributed by atoms with Gasteiger partial charge in [0.05, 0.1) is 0 Å². The average molecular weight is 168 g/mol. The number of nitrogens with one attached hydrogen (secondary N) is 1. The summed E-state index contributed by atoms with van der Waals surface area (Å²) >= 11 is 0. The van der Waals surface area contributed by atoms with Gasteiger partial charge in [-0.25, -0.2) is 4.79 Å². The molecule has 12 heavy (non-hydrogen) atoms. The van der Waals surface area contributed by atoms with E-state index in [-0.39, 0.29) is 11.9 Å². The zero-order valence-electron chi connectivity index (χ0n) is 6.88. The van der Waals surface area contributed by atoms with Gasteiger partial charge in [-0.05, 0) is 6.42 Å². The van der Waals surface area contributed by atoms with E-state index in [1.807, 2.05) is 0 Å². The number of amides is 3. The Hall–Kier alpha value is -1.32. The molecule has 1 saturated heterocycles. The smallest absolute Gasteiger partial charge is 0.324 e. The normalized spacial score (nSPS) is 17.5. The van der Waals surface area contributed by atoms with Crippen LogP contribution in [-0.4, -0.2) is 29.9 Å². The van der Waals surface area contributed by atoms with Gasteiger partial charge in [0, 0.05) is 19.5 Å². The van der Waals surface area contributed by atoms with Gasteiger partial charge < -0.3 is 4.90 Å². The lowest BCUT2D eigenvalue weighted by atomic mass is 10.3. The summed E-state index contributed by atoms with van der Waals surface area (Å²) in [5, 5.41) is 2.25. The Bertz CT molecular complexity index is 211. The lowest BCUT2D eigenvalue weighted by molar-refractivity contribution is -0.121. The first-order valence-electron chi connectivity index (χ1n) is 3.93. The highest BCUT2D eigenvalue weighted by Gasteiger charge is 2.21. The number of nitrogens with zero attached hydrogens (tertiary/aromatic N) is 1. The Morgan fingerprint density at radius 3 is 2.92 bits per heavy atom. The van der Waals surface area contributed by atoms with Gasteiger partial charge in [-0.2, -0.15) is 0 Å². The fourth-order valence-corrected chi connectivity index (χ4v) is 1.06. The van der Waals surface area contributed by atoms with Crippen LogP contribution in [0.5, 0.6) is 0 Å². The molecule has 0 aliphatic carbocycles. The van der Waals surface area contributed by atoms with Gasteiger partial charge >= 0.3 is 6.03 Å². The van der Waals surface area contributed by atoms with Crippen LogP contribution >= 0.6 is 0 Å². The second-order valence-electron chi connectivity index (χ2n) is 2.67. The van der Waals surface area contributed by atoms with Crippen molar-refractivity contribution < 1.29 is 9.59 Å². The largest absolute Gasteiger partial charge is 0.324 e. The van der Waals surface area contributed by atoms with Crippen molar-refractivity contribution in [1.29, 1.82) is 0 Å². The van der Waals surface area contributed by atoms with Crippen LogP contribution in [0.15, 0.2) is 12.7 Å². The topological polar surface area (TPSA) is 49.4 Å². The van der Waals surface area contributed by atoms with Crippen LogP contribution < -0.4 is 5.32 Å². The molecule has 66 valence electrons. The van der Waals surface area contributed by atoms with E-state index in [9.17, 15) is 9.59 Å². The molecule has 4 nitrogen and oxygen atoms in total. The van der Waals surface area contributed by atoms with E-state index < -0.39 is 0 Å². The molecule has 0 unspecified atom stereocenters. The van der Waals surface area contributed by atoms with Crippen LogP contribution in [0.2, 0.25) is 0 Å². The molecule has 1 heterocycles. The summed E-state index contributed by atoms with van der Waals surface area (Å²) in [6, 6.07) is -0.284. The molecule has 0 atom stereocenters. The van der Waals surface area contributed by atoms with Crippen LogP contribution in [0, 0.1) is 0 Å². The molecule has 4 heteroatoms. The summed E-state index contributed by atoms with van der Waals surface area (Å²) in [6.45, 7) is 4.73. The van der Waals surface area contributed by atoms with E-state index in [4.69, 9.17) is 0 Å². The molecular weight excluding hydrogens is 156 g/mol. The summed E-state index contributed by atoms with van der Waals surface area (Å²) in [5.74, 6) is -0.185. The number of urea groups is 1. The summed E-state index contributed by atoms with van der Waals surface area (Å²) in [4.78, 5) is 23.4. The number of carbonyl (C=O) groups excluding carboxylic acids is 2. The minimum Gasteiger partial charge on any atom is -0.324 e. The van der Waals surface area contributed by atoms with E-state index in [1.54, 1.807) is 11.0 Å². The molecule has 3 amide bonds. The molecule has 0 aromatic rings. The molecule has 0 spiro atoms. The number of imide groups is 1. The number of carbonyl (C=O) groups is 2. The maximum atomic E-state index is 11.1. The van der Waals surface area contributed by atoms with Gasteiger partial charge in [-0.1, -0.05) is 6.08 Å². The first kappa shape index (κ1) is 8.77. The minimum absolute atomic E-state index is 0.185. The van der Waals surface area contributed by atoms with Crippen molar-refractivity contribution in [3.05, 3.63) is 12.7 Å². The quantitative estimate of drug-likeness (QED) is 0.624. The molecule has 0 saturated carbocycles. The molecule has 0 aromatic carbocycles. The highest BCUT2D eigenvalue weighted by atomic mass is 16.2. The van der Waals surface area contributed by atoms with E-state index in [1.165, 1.54) is 0 Å².